The summed E-state index contributed by atoms with van der Waals surface area (Å²) in [4.78, 5) is 22.3. The lowest BCUT2D eigenvalue weighted by Gasteiger charge is -2.08. The Balaban J connectivity index is 2.02. The first-order valence-corrected chi connectivity index (χ1v) is 6.55. The molecule has 0 saturated heterocycles. The number of aromatic nitrogens is 2. The normalized spacial score (nSPS) is 10.2. The summed E-state index contributed by atoms with van der Waals surface area (Å²) in [6, 6.07) is 9.63. The van der Waals surface area contributed by atoms with E-state index in [1.54, 1.807) is 12.1 Å². The van der Waals surface area contributed by atoms with Crippen LogP contribution in [0.4, 0.5) is 0 Å². The number of carbonyl (C=O) groups is 1. The maximum atomic E-state index is 11.5. The van der Waals surface area contributed by atoms with E-state index >= 15 is 0 Å². The summed E-state index contributed by atoms with van der Waals surface area (Å²) in [7, 11) is 0. The van der Waals surface area contributed by atoms with Crippen molar-refractivity contribution in [3.8, 4) is 5.75 Å². The lowest BCUT2D eigenvalue weighted by molar-refractivity contribution is 0.0687. The minimum absolute atomic E-state index is 0.173. The maximum absolute atomic E-state index is 11.5. The van der Waals surface area contributed by atoms with E-state index in [2.05, 4.69) is 21.0 Å². The van der Waals surface area contributed by atoms with E-state index < -0.39 is 5.97 Å². The van der Waals surface area contributed by atoms with Crippen molar-refractivity contribution in [2.24, 2.45) is 0 Å². The molecule has 0 aliphatic heterocycles. The fourth-order valence-corrected chi connectivity index (χ4v) is 1.91. The predicted molar refractivity (Wildman–Crippen MR) is 75.1 cm³/mol. The average Bonchev–Trinajstić information content (AvgIpc) is 2.40. The molecule has 0 aliphatic rings. The van der Waals surface area contributed by atoms with Crippen molar-refractivity contribution >= 4 is 21.9 Å². The van der Waals surface area contributed by atoms with Gasteiger partial charge in [-0.25, -0.2) is 9.48 Å². The molecule has 0 amide bonds. The van der Waals surface area contributed by atoms with Gasteiger partial charge in [-0.05, 0) is 24.3 Å². The third-order valence-corrected chi connectivity index (χ3v) is 2.95. The lowest BCUT2D eigenvalue weighted by Crippen LogP contribution is -2.26. The number of benzene rings is 1. The molecule has 0 spiro atoms. The minimum Gasteiger partial charge on any atom is -0.492 e. The molecule has 1 aromatic carbocycles. The molecule has 1 aromatic heterocycles. The second-order valence-corrected chi connectivity index (χ2v) is 4.81. The summed E-state index contributed by atoms with van der Waals surface area (Å²) >= 11 is 3.32. The standard InChI is InChI=1S/C13H11BrN2O4/c14-9-2-1-3-10(8-9)20-7-6-16-12(17)5-4-11(15-16)13(18)19/h1-5,8H,6-7H2,(H,18,19). The molecule has 1 N–H and O–H groups in total. The molecule has 0 aliphatic carbocycles. The number of halogens is 1. The van der Waals surface area contributed by atoms with Crippen LogP contribution in [0.15, 0.2) is 45.7 Å². The number of rotatable bonds is 5. The second kappa shape index (κ2) is 6.33. The number of ether oxygens (including phenoxy) is 1. The van der Waals surface area contributed by atoms with Gasteiger partial charge in [0.25, 0.3) is 5.56 Å². The van der Waals surface area contributed by atoms with Crippen molar-refractivity contribution in [3.05, 3.63) is 56.9 Å². The molecular weight excluding hydrogens is 328 g/mol. The number of carboxylic acids is 1. The third-order valence-electron chi connectivity index (χ3n) is 2.45. The van der Waals surface area contributed by atoms with E-state index in [1.165, 1.54) is 12.1 Å². The summed E-state index contributed by atoms with van der Waals surface area (Å²) < 4.78 is 7.43. The van der Waals surface area contributed by atoms with Crippen LogP contribution in [0.3, 0.4) is 0 Å². The van der Waals surface area contributed by atoms with E-state index in [-0.39, 0.29) is 24.4 Å². The number of aromatic carboxylic acids is 1. The fourth-order valence-electron chi connectivity index (χ4n) is 1.53. The Hall–Kier alpha value is -2.15. The van der Waals surface area contributed by atoms with E-state index in [1.807, 2.05) is 12.1 Å². The quantitative estimate of drug-likeness (QED) is 0.898. The zero-order valence-corrected chi connectivity index (χ0v) is 11.9. The Morgan fingerprint density at radius 3 is 2.85 bits per heavy atom. The maximum Gasteiger partial charge on any atom is 0.356 e. The predicted octanol–water partition coefficient (Wildman–Crippen LogP) is 1.78. The van der Waals surface area contributed by atoms with Gasteiger partial charge in [-0.1, -0.05) is 22.0 Å². The molecule has 7 heteroatoms. The van der Waals surface area contributed by atoms with Crippen LogP contribution < -0.4 is 10.3 Å². The molecule has 2 aromatic rings. The highest BCUT2D eigenvalue weighted by atomic mass is 79.9. The van der Waals surface area contributed by atoms with Crippen molar-refractivity contribution in [1.29, 1.82) is 0 Å². The van der Waals surface area contributed by atoms with Crippen molar-refractivity contribution in [3.63, 3.8) is 0 Å². The first kappa shape index (κ1) is 14.3. The van der Waals surface area contributed by atoms with Gasteiger partial charge in [-0.15, -0.1) is 0 Å². The topological polar surface area (TPSA) is 81.4 Å². The molecule has 20 heavy (non-hydrogen) atoms. The largest absolute Gasteiger partial charge is 0.492 e. The van der Waals surface area contributed by atoms with Gasteiger partial charge in [0.15, 0.2) is 5.69 Å². The highest BCUT2D eigenvalue weighted by molar-refractivity contribution is 9.10. The van der Waals surface area contributed by atoms with Crippen LogP contribution in [0.2, 0.25) is 0 Å². The Morgan fingerprint density at radius 1 is 1.35 bits per heavy atom. The van der Waals surface area contributed by atoms with Gasteiger partial charge in [-0.3, -0.25) is 4.79 Å². The molecule has 2 rings (SSSR count). The van der Waals surface area contributed by atoms with Gasteiger partial charge in [0, 0.05) is 10.5 Å². The summed E-state index contributed by atoms with van der Waals surface area (Å²) in [5.74, 6) is -0.520. The van der Waals surface area contributed by atoms with Crippen molar-refractivity contribution < 1.29 is 14.6 Å². The van der Waals surface area contributed by atoms with Gasteiger partial charge in [0.1, 0.15) is 12.4 Å². The molecule has 0 radical (unpaired) electrons. The van der Waals surface area contributed by atoms with Crippen molar-refractivity contribution in [2.45, 2.75) is 6.54 Å². The summed E-state index contributed by atoms with van der Waals surface area (Å²) in [6.07, 6.45) is 0. The van der Waals surface area contributed by atoms with Gasteiger partial charge in [0.05, 0.1) is 6.54 Å². The third kappa shape index (κ3) is 3.67. The number of hydrogen-bond donors (Lipinski definition) is 1. The molecular formula is C13H11BrN2O4. The monoisotopic (exact) mass is 338 g/mol. The highest BCUT2D eigenvalue weighted by Gasteiger charge is 2.07. The Labute approximate surface area is 122 Å². The van der Waals surface area contributed by atoms with Crippen LogP contribution >= 0.6 is 15.9 Å². The van der Waals surface area contributed by atoms with E-state index in [9.17, 15) is 9.59 Å². The van der Waals surface area contributed by atoms with Crippen LogP contribution in [0, 0.1) is 0 Å². The second-order valence-electron chi connectivity index (χ2n) is 3.89. The van der Waals surface area contributed by atoms with Crippen LogP contribution in [0.1, 0.15) is 10.5 Å². The zero-order valence-electron chi connectivity index (χ0n) is 10.3. The molecule has 0 saturated carbocycles. The van der Waals surface area contributed by atoms with Crippen LogP contribution in [-0.2, 0) is 6.54 Å². The molecule has 0 fully saturated rings. The minimum atomic E-state index is -1.17. The highest BCUT2D eigenvalue weighted by Crippen LogP contribution is 2.17. The van der Waals surface area contributed by atoms with Crippen molar-refractivity contribution in [1.82, 2.24) is 9.78 Å². The van der Waals surface area contributed by atoms with Gasteiger partial charge in [-0.2, -0.15) is 5.10 Å². The summed E-state index contributed by atoms with van der Waals surface area (Å²) in [6.45, 7) is 0.388. The first-order valence-electron chi connectivity index (χ1n) is 5.76. The molecule has 1 heterocycles. The lowest BCUT2D eigenvalue weighted by atomic mass is 10.3. The summed E-state index contributed by atoms with van der Waals surface area (Å²) in [5, 5.41) is 12.6. The molecule has 0 bridgehead atoms. The smallest absolute Gasteiger partial charge is 0.356 e. The number of nitrogens with zero attached hydrogens (tertiary/aromatic N) is 2. The molecule has 0 unspecified atom stereocenters. The Bertz CT molecular complexity index is 684. The summed E-state index contributed by atoms with van der Waals surface area (Å²) in [5.41, 5.74) is -0.542. The van der Waals surface area contributed by atoms with Crippen LogP contribution in [0.25, 0.3) is 0 Å². The van der Waals surface area contributed by atoms with Crippen LogP contribution in [0.5, 0.6) is 5.75 Å². The molecule has 6 nitrogen and oxygen atoms in total. The number of hydrogen-bond acceptors (Lipinski definition) is 4. The zero-order chi connectivity index (χ0) is 14.5. The number of carboxylic acid groups (broad SMARTS) is 1. The molecule has 104 valence electrons. The van der Waals surface area contributed by atoms with Crippen molar-refractivity contribution in [2.75, 3.05) is 6.61 Å². The fraction of sp³-hybridized carbons (Fsp3) is 0.154. The Morgan fingerprint density at radius 2 is 2.15 bits per heavy atom. The molecule has 0 atom stereocenters. The van der Waals surface area contributed by atoms with Gasteiger partial charge >= 0.3 is 5.97 Å². The van der Waals surface area contributed by atoms with E-state index in [4.69, 9.17) is 9.84 Å². The SMILES string of the molecule is O=C(O)c1ccc(=O)n(CCOc2cccc(Br)c2)n1. The van der Waals surface area contributed by atoms with Gasteiger partial charge < -0.3 is 9.84 Å². The van der Waals surface area contributed by atoms with E-state index in [0.29, 0.717) is 5.75 Å². The average molecular weight is 339 g/mol. The van der Waals surface area contributed by atoms with E-state index in [0.717, 1.165) is 9.15 Å². The first-order chi connectivity index (χ1) is 9.56. The Kier molecular flexibility index (Phi) is 4.52. The van der Waals surface area contributed by atoms with Crippen LogP contribution in [-0.4, -0.2) is 27.5 Å². The van der Waals surface area contributed by atoms with Gasteiger partial charge in [0.2, 0.25) is 0 Å².